The molecule has 0 bridgehead atoms. The highest BCUT2D eigenvalue weighted by molar-refractivity contribution is 5.47. The van der Waals surface area contributed by atoms with Gasteiger partial charge in [0.25, 0.3) is 0 Å². The monoisotopic (exact) mass is 208 g/mol. The Morgan fingerprint density at radius 2 is 1.80 bits per heavy atom. The van der Waals surface area contributed by atoms with Crippen molar-refractivity contribution in [3.8, 4) is 0 Å². The fraction of sp³-hybridized carbons (Fsp3) is 0.636. The summed E-state index contributed by atoms with van der Waals surface area (Å²) in [6, 6.07) is 1.92. The smallest absolute Gasteiger partial charge is 0.131 e. The van der Waals surface area contributed by atoms with E-state index in [1.807, 2.05) is 20.0 Å². The van der Waals surface area contributed by atoms with Crippen molar-refractivity contribution in [2.45, 2.75) is 27.7 Å². The molecular formula is C11H20N4. The molecule has 0 radical (unpaired) electrons. The quantitative estimate of drug-likeness (QED) is 0.800. The van der Waals surface area contributed by atoms with Crippen molar-refractivity contribution in [1.82, 2.24) is 9.97 Å². The number of hydrogen-bond acceptors (Lipinski definition) is 4. The largest absolute Gasteiger partial charge is 0.373 e. The van der Waals surface area contributed by atoms with Crippen molar-refractivity contribution in [3.05, 3.63) is 11.9 Å². The predicted molar refractivity (Wildman–Crippen MR) is 64.3 cm³/mol. The number of aryl methyl sites for hydroxylation is 1. The molecule has 0 spiro atoms. The van der Waals surface area contributed by atoms with Gasteiger partial charge in [-0.3, -0.25) is 0 Å². The summed E-state index contributed by atoms with van der Waals surface area (Å²) in [4.78, 5) is 8.56. The van der Waals surface area contributed by atoms with E-state index in [1.165, 1.54) is 0 Å². The Morgan fingerprint density at radius 3 is 2.33 bits per heavy atom. The van der Waals surface area contributed by atoms with Crippen LogP contribution in [0.1, 0.15) is 26.6 Å². The van der Waals surface area contributed by atoms with E-state index in [0.29, 0.717) is 0 Å². The summed E-state index contributed by atoms with van der Waals surface area (Å²) in [5.41, 5.74) is 0.249. The summed E-state index contributed by atoms with van der Waals surface area (Å²) in [6.45, 7) is 9.35. The minimum Gasteiger partial charge on any atom is -0.373 e. The van der Waals surface area contributed by atoms with Gasteiger partial charge in [-0.1, -0.05) is 20.8 Å². The third kappa shape index (κ3) is 4.14. The second kappa shape index (κ2) is 4.47. The first-order chi connectivity index (χ1) is 6.90. The molecule has 0 atom stereocenters. The fourth-order valence-corrected chi connectivity index (χ4v) is 1.14. The Labute approximate surface area is 91.5 Å². The molecule has 84 valence electrons. The van der Waals surface area contributed by atoms with E-state index in [1.54, 1.807) is 0 Å². The van der Waals surface area contributed by atoms with Crippen molar-refractivity contribution in [1.29, 1.82) is 0 Å². The van der Waals surface area contributed by atoms with Crippen molar-refractivity contribution < 1.29 is 0 Å². The van der Waals surface area contributed by atoms with E-state index in [9.17, 15) is 0 Å². The highest BCUT2D eigenvalue weighted by atomic mass is 15.1. The lowest BCUT2D eigenvalue weighted by Gasteiger charge is -2.19. The van der Waals surface area contributed by atoms with Gasteiger partial charge in [0.05, 0.1) is 0 Å². The zero-order chi connectivity index (χ0) is 11.5. The molecule has 1 rings (SSSR count). The number of rotatable bonds is 3. The Balaban J connectivity index is 2.73. The van der Waals surface area contributed by atoms with Crippen LogP contribution < -0.4 is 10.6 Å². The Kier molecular flexibility index (Phi) is 3.50. The average Bonchev–Trinajstić information content (AvgIpc) is 2.13. The Morgan fingerprint density at radius 1 is 1.20 bits per heavy atom. The molecule has 0 saturated heterocycles. The fourth-order valence-electron chi connectivity index (χ4n) is 1.14. The molecule has 4 nitrogen and oxygen atoms in total. The van der Waals surface area contributed by atoms with Gasteiger partial charge in [0.15, 0.2) is 0 Å². The van der Waals surface area contributed by atoms with Gasteiger partial charge in [0.2, 0.25) is 0 Å². The third-order valence-corrected chi connectivity index (χ3v) is 1.89. The SMILES string of the molecule is CNc1cc(NCC(C)(C)C)nc(C)n1. The van der Waals surface area contributed by atoms with E-state index in [2.05, 4.69) is 41.4 Å². The molecule has 15 heavy (non-hydrogen) atoms. The molecule has 0 amide bonds. The van der Waals surface area contributed by atoms with Crippen LogP contribution in [0.5, 0.6) is 0 Å². The molecule has 0 aliphatic carbocycles. The molecule has 0 fully saturated rings. The van der Waals surface area contributed by atoms with Crippen LogP contribution in [-0.2, 0) is 0 Å². The molecule has 0 aliphatic heterocycles. The van der Waals surface area contributed by atoms with E-state index in [0.717, 1.165) is 24.0 Å². The van der Waals surface area contributed by atoms with Gasteiger partial charge in [0, 0.05) is 19.7 Å². The number of nitrogens with zero attached hydrogens (tertiary/aromatic N) is 2. The van der Waals surface area contributed by atoms with Gasteiger partial charge in [-0.25, -0.2) is 9.97 Å². The van der Waals surface area contributed by atoms with E-state index in [-0.39, 0.29) is 5.41 Å². The lowest BCUT2D eigenvalue weighted by molar-refractivity contribution is 0.442. The van der Waals surface area contributed by atoms with Crippen LogP contribution in [0.2, 0.25) is 0 Å². The third-order valence-electron chi connectivity index (χ3n) is 1.89. The summed E-state index contributed by atoms with van der Waals surface area (Å²) in [5, 5.41) is 6.32. The summed E-state index contributed by atoms with van der Waals surface area (Å²) >= 11 is 0. The zero-order valence-corrected chi connectivity index (χ0v) is 10.2. The van der Waals surface area contributed by atoms with Crippen LogP contribution in [0.4, 0.5) is 11.6 Å². The van der Waals surface area contributed by atoms with Crippen LogP contribution in [0.15, 0.2) is 6.07 Å². The first-order valence-electron chi connectivity index (χ1n) is 5.18. The standard InChI is InChI=1S/C11H20N4/c1-8-14-9(12-5)6-10(15-8)13-7-11(2,3)4/h6H,7H2,1-5H3,(H2,12,13,14,15). The number of anilines is 2. The number of nitrogens with one attached hydrogen (secondary N) is 2. The molecule has 0 aliphatic rings. The zero-order valence-electron chi connectivity index (χ0n) is 10.2. The molecule has 0 saturated carbocycles. The van der Waals surface area contributed by atoms with Gasteiger partial charge in [-0.2, -0.15) is 0 Å². The highest BCUT2D eigenvalue weighted by Crippen LogP contribution is 2.15. The van der Waals surface area contributed by atoms with Crippen molar-refractivity contribution in [2.75, 3.05) is 24.2 Å². The topological polar surface area (TPSA) is 49.8 Å². The minimum atomic E-state index is 0.249. The molecule has 4 heteroatoms. The molecular weight excluding hydrogens is 188 g/mol. The molecule has 2 N–H and O–H groups in total. The molecule has 0 unspecified atom stereocenters. The van der Waals surface area contributed by atoms with E-state index >= 15 is 0 Å². The maximum absolute atomic E-state index is 4.32. The van der Waals surface area contributed by atoms with Crippen LogP contribution in [-0.4, -0.2) is 23.6 Å². The normalized spacial score (nSPS) is 11.3. The van der Waals surface area contributed by atoms with Gasteiger partial charge in [-0.05, 0) is 12.3 Å². The maximum Gasteiger partial charge on any atom is 0.131 e. The Hall–Kier alpha value is -1.32. The lowest BCUT2D eigenvalue weighted by atomic mass is 9.97. The second-order valence-electron chi connectivity index (χ2n) is 4.85. The minimum absolute atomic E-state index is 0.249. The number of aromatic nitrogens is 2. The van der Waals surface area contributed by atoms with Crippen LogP contribution >= 0.6 is 0 Å². The lowest BCUT2D eigenvalue weighted by Crippen LogP contribution is -2.20. The van der Waals surface area contributed by atoms with Gasteiger partial charge in [-0.15, -0.1) is 0 Å². The van der Waals surface area contributed by atoms with Gasteiger partial charge in [0.1, 0.15) is 17.5 Å². The molecule has 0 aromatic carbocycles. The maximum atomic E-state index is 4.32. The predicted octanol–water partition coefficient (Wildman–Crippen LogP) is 2.28. The summed E-state index contributed by atoms with van der Waals surface area (Å²) in [5.74, 6) is 2.50. The summed E-state index contributed by atoms with van der Waals surface area (Å²) in [6.07, 6.45) is 0. The molecule has 1 aromatic heterocycles. The number of hydrogen-bond donors (Lipinski definition) is 2. The van der Waals surface area contributed by atoms with Crippen molar-refractivity contribution in [2.24, 2.45) is 5.41 Å². The molecule has 1 heterocycles. The van der Waals surface area contributed by atoms with E-state index in [4.69, 9.17) is 0 Å². The van der Waals surface area contributed by atoms with Crippen molar-refractivity contribution >= 4 is 11.6 Å². The summed E-state index contributed by atoms with van der Waals surface area (Å²) in [7, 11) is 1.86. The average molecular weight is 208 g/mol. The molecule has 1 aromatic rings. The van der Waals surface area contributed by atoms with E-state index < -0.39 is 0 Å². The van der Waals surface area contributed by atoms with Crippen LogP contribution in [0, 0.1) is 12.3 Å². The van der Waals surface area contributed by atoms with Gasteiger partial charge >= 0.3 is 0 Å². The highest BCUT2D eigenvalue weighted by Gasteiger charge is 2.10. The van der Waals surface area contributed by atoms with Gasteiger partial charge < -0.3 is 10.6 Å². The first-order valence-corrected chi connectivity index (χ1v) is 5.18. The first kappa shape index (κ1) is 11.8. The Bertz CT molecular complexity index is 328. The summed E-state index contributed by atoms with van der Waals surface area (Å²) < 4.78 is 0. The van der Waals surface area contributed by atoms with Crippen molar-refractivity contribution in [3.63, 3.8) is 0 Å². The van der Waals surface area contributed by atoms with Crippen LogP contribution in [0.3, 0.4) is 0 Å². The second-order valence-corrected chi connectivity index (χ2v) is 4.85. The van der Waals surface area contributed by atoms with Crippen LogP contribution in [0.25, 0.3) is 0 Å².